The maximum Gasteiger partial charge on any atom is 0.306 e. The van der Waals surface area contributed by atoms with Crippen LogP contribution in [-0.4, -0.2) is 21.6 Å². The first-order valence-corrected chi connectivity index (χ1v) is 8.92. The number of hydrogen-bond donors (Lipinski definition) is 1. The van der Waals surface area contributed by atoms with E-state index in [1.54, 1.807) is 4.57 Å². The van der Waals surface area contributed by atoms with E-state index in [4.69, 9.17) is 0 Å². The lowest BCUT2D eigenvalue weighted by molar-refractivity contribution is -0.142. The van der Waals surface area contributed by atoms with E-state index < -0.39 is 5.97 Å². The minimum Gasteiger partial charge on any atom is -0.481 e. The fourth-order valence-electron chi connectivity index (χ4n) is 3.94. The third-order valence-electron chi connectivity index (χ3n) is 5.37. The Kier molecular flexibility index (Phi) is 3.91. The number of aromatic nitrogens is 1. The van der Waals surface area contributed by atoms with E-state index >= 15 is 0 Å². The van der Waals surface area contributed by atoms with Crippen molar-refractivity contribution in [3.8, 4) is 0 Å². The fraction of sp³-hybridized carbons (Fsp3) is 0.273. The van der Waals surface area contributed by atoms with Crippen molar-refractivity contribution in [2.45, 2.75) is 33.1 Å². The quantitative estimate of drug-likeness (QED) is 0.758. The van der Waals surface area contributed by atoms with E-state index in [2.05, 4.69) is 6.07 Å². The molecule has 26 heavy (non-hydrogen) atoms. The minimum absolute atomic E-state index is 0.0473. The third-order valence-corrected chi connectivity index (χ3v) is 5.37. The first-order valence-electron chi connectivity index (χ1n) is 8.92. The van der Waals surface area contributed by atoms with Gasteiger partial charge in [0.25, 0.3) is 5.91 Å². The van der Waals surface area contributed by atoms with Crippen molar-refractivity contribution in [2.75, 3.05) is 0 Å². The van der Waals surface area contributed by atoms with Crippen LogP contribution in [0, 0.1) is 19.8 Å². The summed E-state index contributed by atoms with van der Waals surface area (Å²) >= 11 is 0. The maximum absolute atomic E-state index is 13.3. The summed E-state index contributed by atoms with van der Waals surface area (Å²) in [6.07, 6.45) is 1.66. The summed E-state index contributed by atoms with van der Waals surface area (Å²) in [5.41, 5.74) is 5.73. The summed E-state index contributed by atoms with van der Waals surface area (Å²) in [6, 6.07) is 13.6. The van der Waals surface area contributed by atoms with Crippen LogP contribution in [0.1, 0.15) is 39.2 Å². The zero-order valence-corrected chi connectivity index (χ0v) is 15.0. The Hall–Kier alpha value is -2.88. The van der Waals surface area contributed by atoms with Crippen LogP contribution in [0.3, 0.4) is 0 Å². The molecule has 0 spiro atoms. The number of carbonyl (C=O) groups excluding carboxylic acids is 1. The van der Waals surface area contributed by atoms with Gasteiger partial charge in [0.2, 0.25) is 0 Å². The van der Waals surface area contributed by atoms with Crippen LogP contribution in [-0.2, 0) is 17.6 Å². The number of rotatable bonds is 2. The topological polar surface area (TPSA) is 59.3 Å². The molecule has 1 atom stereocenters. The second-order valence-electron chi connectivity index (χ2n) is 7.23. The Labute approximate surface area is 152 Å². The third kappa shape index (κ3) is 2.62. The van der Waals surface area contributed by atoms with Crippen LogP contribution >= 0.6 is 0 Å². The highest BCUT2D eigenvalue weighted by atomic mass is 16.4. The van der Waals surface area contributed by atoms with E-state index in [1.807, 2.05) is 50.2 Å². The first-order chi connectivity index (χ1) is 12.5. The number of carboxylic acid groups (broad SMARTS) is 1. The molecule has 1 heterocycles. The molecule has 0 bridgehead atoms. The summed E-state index contributed by atoms with van der Waals surface area (Å²) < 4.78 is 1.80. The Morgan fingerprint density at radius 1 is 1.04 bits per heavy atom. The van der Waals surface area contributed by atoms with Crippen LogP contribution in [0.5, 0.6) is 0 Å². The molecule has 132 valence electrons. The van der Waals surface area contributed by atoms with Gasteiger partial charge in [-0.05, 0) is 62.9 Å². The van der Waals surface area contributed by atoms with Crippen LogP contribution in [0.25, 0.3) is 10.9 Å². The van der Waals surface area contributed by atoms with Gasteiger partial charge in [-0.3, -0.25) is 14.2 Å². The number of carbonyl (C=O) groups is 2. The molecule has 1 N–H and O–H groups in total. The van der Waals surface area contributed by atoms with Crippen molar-refractivity contribution in [1.29, 1.82) is 0 Å². The SMILES string of the molecule is Cc1ccc(C(=O)n2c3c(c4cc(C)ccc42)CC(C(=O)O)CC3)cc1. The molecule has 4 rings (SSSR count). The molecular formula is C22H21NO3. The standard InChI is InChI=1S/C22H21NO3/c1-13-3-6-15(7-4-13)21(24)23-19-9-5-14(2)11-17(19)18-12-16(22(25)26)8-10-20(18)23/h3-7,9,11,16H,8,10,12H2,1-2H3,(H,25,26). The van der Waals surface area contributed by atoms with Gasteiger partial charge >= 0.3 is 5.97 Å². The van der Waals surface area contributed by atoms with E-state index in [9.17, 15) is 14.7 Å². The molecule has 3 aromatic rings. The van der Waals surface area contributed by atoms with Gasteiger partial charge in [0.1, 0.15) is 0 Å². The molecule has 1 aromatic heterocycles. The Morgan fingerprint density at radius 2 is 1.73 bits per heavy atom. The Balaban J connectivity index is 1.91. The van der Waals surface area contributed by atoms with Crippen LogP contribution in [0.15, 0.2) is 42.5 Å². The molecule has 0 fully saturated rings. The van der Waals surface area contributed by atoms with Crippen LogP contribution in [0.4, 0.5) is 0 Å². The molecule has 0 saturated heterocycles. The van der Waals surface area contributed by atoms with Crippen molar-refractivity contribution in [3.05, 3.63) is 70.4 Å². The fourth-order valence-corrected chi connectivity index (χ4v) is 3.94. The van der Waals surface area contributed by atoms with Gasteiger partial charge in [0.05, 0.1) is 11.4 Å². The van der Waals surface area contributed by atoms with E-state index in [0.717, 1.165) is 33.3 Å². The molecular weight excluding hydrogens is 326 g/mol. The van der Waals surface area contributed by atoms with Crippen LogP contribution in [0.2, 0.25) is 0 Å². The van der Waals surface area contributed by atoms with E-state index in [0.29, 0.717) is 24.8 Å². The number of hydrogen-bond acceptors (Lipinski definition) is 2. The Morgan fingerprint density at radius 3 is 2.42 bits per heavy atom. The lowest BCUT2D eigenvalue weighted by Crippen LogP contribution is -2.24. The molecule has 0 radical (unpaired) electrons. The number of benzene rings is 2. The summed E-state index contributed by atoms with van der Waals surface area (Å²) in [6.45, 7) is 4.01. The normalized spacial score (nSPS) is 16.5. The number of fused-ring (bicyclic) bond motifs is 3. The van der Waals surface area contributed by atoms with Crippen molar-refractivity contribution >= 4 is 22.8 Å². The predicted molar refractivity (Wildman–Crippen MR) is 101 cm³/mol. The van der Waals surface area contributed by atoms with Crippen molar-refractivity contribution in [2.24, 2.45) is 5.92 Å². The zero-order chi connectivity index (χ0) is 18.4. The minimum atomic E-state index is -0.755. The average Bonchev–Trinajstić information content (AvgIpc) is 2.94. The lowest BCUT2D eigenvalue weighted by Gasteiger charge is -2.20. The van der Waals surface area contributed by atoms with Crippen LogP contribution < -0.4 is 0 Å². The second-order valence-corrected chi connectivity index (χ2v) is 7.23. The molecule has 0 saturated carbocycles. The van der Waals surface area contributed by atoms with Crippen molar-refractivity contribution in [3.63, 3.8) is 0 Å². The van der Waals surface area contributed by atoms with Gasteiger partial charge < -0.3 is 5.11 Å². The van der Waals surface area contributed by atoms with Gasteiger partial charge in [-0.15, -0.1) is 0 Å². The highest BCUT2D eigenvalue weighted by Gasteiger charge is 2.31. The summed E-state index contributed by atoms with van der Waals surface area (Å²) in [4.78, 5) is 24.7. The molecule has 2 aromatic carbocycles. The maximum atomic E-state index is 13.3. The molecule has 1 aliphatic carbocycles. The average molecular weight is 347 g/mol. The van der Waals surface area contributed by atoms with E-state index in [1.165, 1.54) is 0 Å². The van der Waals surface area contributed by atoms with Gasteiger partial charge in [0.15, 0.2) is 0 Å². The molecule has 4 nitrogen and oxygen atoms in total. The van der Waals surface area contributed by atoms with Gasteiger partial charge in [0, 0.05) is 16.6 Å². The summed E-state index contributed by atoms with van der Waals surface area (Å²) in [7, 11) is 0. The molecule has 1 unspecified atom stereocenters. The monoisotopic (exact) mass is 347 g/mol. The van der Waals surface area contributed by atoms with Gasteiger partial charge in [-0.25, -0.2) is 0 Å². The van der Waals surface area contributed by atoms with E-state index in [-0.39, 0.29) is 11.8 Å². The summed E-state index contributed by atoms with van der Waals surface area (Å²) in [5.74, 6) is -1.18. The number of aryl methyl sites for hydroxylation is 2. The molecule has 4 heteroatoms. The molecule has 1 aliphatic rings. The number of carboxylic acids is 1. The van der Waals surface area contributed by atoms with Gasteiger partial charge in [-0.1, -0.05) is 29.3 Å². The summed E-state index contributed by atoms with van der Waals surface area (Å²) in [5, 5.41) is 10.4. The molecule has 0 aliphatic heterocycles. The zero-order valence-electron chi connectivity index (χ0n) is 15.0. The molecule has 0 amide bonds. The largest absolute Gasteiger partial charge is 0.481 e. The van der Waals surface area contributed by atoms with Gasteiger partial charge in [-0.2, -0.15) is 0 Å². The van der Waals surface area contributed by atoms with Crippen molar-refractivity contribution < 1.29 is 14.7 Å². The highest BCUT2D eigenvalue weighted by molar-refractivity contribution is 6.04. The number of nitrogens with zero attached hydrogens (tertiary/aromatic N) is 1. The lowest BCUT2D eigenvalue weighted by atomic mass is 9.86. The Bertz CT molecular complexity index is 1030. The second kappa shape index (κ2) is 6.13. The first kappa shape index (κ1) is 16.6. The predicted octanol–water partition coefficient (Wildman–Crippen LogP) is 4.14. The smallest absolute Gasteiger partial charge is 0.306 e. The van der Waals surface area contributed by atoms with Crippen molar-refractivity contribution in [1.82, 2.24) is 4.57 Å². The highest BCUT2D eigenvalue weighted by Crippen LogP contribution is 2.35. The number of aliphatic carboxylic acids is 1.